The zero-order chi connectivity index (χ0) is 22.2. The smallest absolute Gasteiger partial charge is 0.417 e. The number of benzene rings is 1. The molecule has 0 aromatic heterocycles. The Bertz CT molecular complexity index is 754. The molecule has 7 nitrogen and oxygen atoms in total. The van der Waals surface area contributed by atoms with Crippen LogP contribution in [0.3, 0.4) is 0 Å². The number of nitriles is 1. The maximum Gasteiger partial charge on any atom is 0.417 e. The Labute approximate surface area is 166 Å². The maximum absolute atomic E-state index is 12.8. The van der Waals surface area contributed by atoms with Crippen molar-refractivity contribution in [2.24, 2.45) is 11.7 Å². The lowest BCUT2D eigenvalue weighted by Crippen LogP contribution is -2.32. The second kappa shape index (κ2) is 10.5. The summed E-state index contributed by atoms with van der Waals surface area (Å²) in [7, 11) is 0. The van der Waals surface area contributed by atoms with Crippen molar-refractivity contribution in [3.05, 3.63) is 29.3 Å². The van der Waals surface area contributed by atoms with E-state index in [1.807, 2.05) is 0 Å². The quantitative estimate of drug-likeness (QED) is 0.762. The number of hydrogen-bond acceptors (Lipinski definition) is 4. The van der Waals surface area contributed by atoms with Crippen LogP contribution in [0.5, 0.6) is 5.75 Å². The Morgan fingerprint density at radius 3 is 2.28 bits per heavy atom. The second-order valence-electron chi connectivity index (χ2n) is 6.92. The molecular weight excluding hydrogens is 391 g/mol. The minimum atomic E-state index is -4.71. The Balaban J connectivity index is 0.000000436. The maximum atomic E-state index is 12.8. The Hall–Kier alpha value is -2.96. The van der Waals surface area contributed by atoms with Crippen molar-refractivity contribution in [1.29, 1.82) is 5.26 Å². The van der Waals surface area contributed by atoms with Crippen LogP contribution < -0.4 is 10.5 Å². The number of amides is 2. The van der Waals surface area contributed by atoms with Crippen molar-refractivity contribution in [3.8, 4) is 11.8 Å². The van der Waals surface area contributed by atoms with Gasteiger partial charge in [0, 0.05) is 13.1 Å². The minimum absolute atomic E-state index is 0.00608. The molecule has 0 aliphatic carbocycles. The number of ether oxygens (including phenoxy) is 1. The van der Waals surface area contributed by atoms with Crippen LogP contribution in [0.25, 0.3) is 0 Å². The van der Waals surface area contributed by atoms with Gasteiger partial charge in [0.15, 0.2) is 6.10 Å². The van der Waals surface area contributed by atoms with E-state index in [1.165, 1.54) is 6.07 Å². The molecule has 1 unspecified atom stereocenters. The van der Waals surface area contributed by atoms with Crippen molar-refractivity contribution >= 4 is 12.0 Å². The van der Waals surface area contributed by atoms with Crippen LogP contribution in [0.2, 0.25) is 0 Å². The van der Waals surface area contributed by atoms with E-state index in [0.29, 0.717) is 6.07 Å². The first kappa shape index (κ1) is 24.1. The number of carboxylic acid groups (broad SMARTS) is 1. The molecule has 1 aliphatic rings. The van der Waals surface area contributed by atoms with Crippen LogP contribution in [-0.2, 0) is 11.0 Å². The monoisotopic (exact) mass is 415 g/mol. The molecule has 2 amide bonds. The number of likely N-dealkylation sites (tertiary alicyclic amines) is 1. The van der Waals surface area contributed by atoms with E-state index in [9.17, 15) is 22.8 Å². The predicted molar refractivity (Wildman–Crippen MR) is 98.1 cm³/mol. The number of carbonyl (C=O) groups excluding carboxylic acids is 1. The molecule has 1 heterocycles. The number of rotatable bonds is 5. The van der Waals surface area contributed by atoms with Crippen LogP contribution >= 0.6 is 0 Å². The lowest BCUT2D eigenvalue weighted by molar-refractivity contribution is -0.145. The summed E-state index contributed by atoms with van der Waals surface area (Å²) in [5, 5.41) is 17.7. The van der Waals surface area contributed by atoms with E-state index >= 15 is 0 Å². The highest BCUT2D eigenvalue weighted by atomic mass is 19.4. The van der Waals surface area contributed by atoms with Crippen molar-refractivity contribution in [1.82, 2.24) is 4.90 Å². The zero-order valence-corrected chi connectivity index (χ0v) is 16.2. The normalized spacial score (nSPS) is 14.6. The lowest BCUT2D eigenvalue weighted by Gasteiger charge is -2.18. The van der Waals surface area contributed by atoms with Gasteiger partial charge in [-0.2, -0.15) is 18.4 Å². The van der Waals surface area contributed by atoms with Gasteiger partial charge in [-0.05, 0) is 43.4 Å². The van der Waals surface area contributed by atoms with Gasteiger partial charge in [0.05, 0.1) is 17.2 Å². The fraction of sp³-hybridized carbons (Fsp3) is 0.526. The molecule has 0 radical (unpaired) electrons. The molecule has 1 atom stereocenters. The molecular formula is C19H24F3N3O4. The van der Waals surface area contributed by atoms with E-state index in [2.05, 4.69) is 0 Å². The van der Waals surface area contributed by atoms with Crippen molar-refractivity contribution < 1.29 is 32.6 Å². The first-order chi connectivity index (χ1) is 13.5. The molecule has 2 rings (SSSR count). The number of aliphatic carboxylic acids is 1. The summed E-state index contributed by atoms with van der Waals surface area (Å²) in [4.78, 5) is 23.1. The second-order valence-corrected chi connectivity index (χ2v) is 6.92. The summed E-state index contributed by atoms with van der Waals surface area (Å²) in [5.41, 5.74) is 3.31. The summed E-state index contributed by atoms with van der Waals surface area (Å²) < 4.78 is 43.5. The molecule has 1 saturated heterocycles. The summed E-state index contributed by atoms with van der Waals surface area (Å²) in [5.74, 6) is -1.47. The number of carboxylic acids is 1. The fourth-order valence-corrected chi connectivity index (χ4v) is 2.66. The molecule has 0 spiro atoms. The van der Waals surface area contributed by atoms with Gasteiger partial charge in [0.2, 0.25) is 0 Å². The molecule has 1 aromatic rings. The zero-order valence-electron chi connectivity index (χ0n) is 16.2. The summed E-state index contributed by atoms with van der Waals surface area (Å²) >= 11 is 0. The Kier molecular flexibility index (Phi) is 8.76. The number of halogens is 3. The average Bonchev–Trinajstić information content (AvgIpc) is 3.15. The van der Waals surface area contributed by atoms with Crippen LogP contribution in [0.4, 0.5) is 18.0 Å². The van der Waals surface area contributed by atoms with Gasteiger partial charge in [-0.3, -0.25) is 0 Å². The number of carbonyl (C=O) groups is 2. The topological polar surface area (TPSA) is 117 Å². The van der Waals surface area contributed by atoms with Gasteiger partial charge < -0.3 is 20.5 Å². The number of nitrogens with zero attached hydrogens (tertiary/aromatic N) is 2. The van der Waals surface area contributed by atoms with Crippen LogP contribution in [0.1, 0.15) is 44.2 Å². The van der Waals surface area contributed by atoms with Crippen molar-refractivity contribution in [3.63, 3.8) is 0 Å². The van der Waals surface area contributed by atoms with E-state index in [-0.39, 0.29) is 24.1 Å². The molecule has 29 heavy (non-hydrogen) atoms. The number of primary amides is 1. The largest absolute Gasteiger partial charge is 0.479 e. The van der Waals surface area contributed by atoms with E-state index in [1.54, 1.807) is 18.7 Å². The number of hydrogen-bond donors (Lipinski definition) is 2. The number of urea groups is 1. The SMILES string of the molecule is CC(C)CC(Oc1ccc(C#N)c(C(F)(F)F)c1)C(=O)O.NC(=O)N1CCCC1. The van der Waals surface area contributed by atoms with Gasteiger partial charge in [0.25, 0.3) is 0 Å². The lowest BCUT2D eigenvalue weighted by atomic mass is 10.1. The van der Waals surface area contributed by atoms with Gasteiger partial charge in [-0.25, -0.2) is 9.59 Å². The van der Waals surface area contributed by atoms with Crippen LogP contribution in [-0.4, -0.2) is 41.2 Å². The fourth-order valence-electron chi connectivity index (χ4n) is 2.66. The first-order valence-electron chi connectivity index (χ1n) is 9.00. The Morgan fingerprint density at radius 1 is 1.31 bits per heavy atom. The summed E-state index contributed by atoms with van der Waals surface area (Å²) in [6, 6.07) is 3.94. The van der Waals surface area contributed by atoms with E-state index < -0.39 is 29.4 Å². The molecule has 10 heteroatoms. The van der Waals surface area contributed by atoms with Gasteiger partial charge in [0.1, 0.15) is 5.75 Å². The number of alkyl halides is 3. The molecule has 1 aromatic carbocycles. The van der Waals surface area contributed by atoms with Crippen LogP contribution in [0.15, 0.2) is 18.2 Å². The predicted octanol–water partition coefficient (Wildman–Crippen LogP) is 3.62. The molecule has 1 fully saturated rings. The molecule has 3 N–H and O–H groups in total. The van der Waals surface area contributed by atoms with Gasteiger partial charge >= 0.3 is 18.2 Å². The Morgan fingerprint density at radius 2 is 1.90 bits per heavy atom. The van der Waals surface area contributed by atoms with E-state index in [4.69, 9.17) is 20.8 Å². The highest BCUT2D eigenvalue weighted by molar-refractivity contribution is 5.73. The number of nitrogens with two attached hydrogens (primary N) is 1. The molecule has 0 bridgehead atoms. The standard InChI is InChI=1S/C14H14F3NO3.C5H10N2O/c1-8(2)5-12(13(19)20)21-10-4-3-9(7-18)11(6-10)14(15,16)17;6-5(8)7-3-1-2-4-7/h3-4,6,8,12H,5H2,1-2H3,(H,19,20);1-4H2,(H2,6,8). The first-order valence-corrected chi connectivity index (χ1v) is 9.00. The van der Waals surface area contributed by atoms with Crippen molar-refractivity contribution in [2.45, 2.75) is 45.4 Å². The highest BCUT2D eigenvalue weighted by Gasteiger charge is 2.34. The third-order valence-corrected chi connectivity index (χ3v) is 4.07. The van der Waals surface area contributed by atoms with Gasteiger partial charge in [-0.1, -0.05) is 13.8 Å². The third kappa shape index (κ3) is 7.89. The summed E-state index contributed by atoms with van der Waals surface area (Å²) in [6.45, 7) is 5.27. The van der Waals surface area contributed by atoms with Crippen molar-refractivity contribution in [2.75, 3.05) is 13.1 Å². The third-order valence-electron chi connectivity index (χ3n) is 4.07. The average molecular weight is 415 g/mol. The minimum Gasteiger partial charge on any atom is -0.479 e. The van der Waals surface area contributed by atoms with E-state index in [0.717, 1.165) is 38.1 Å². The molecule has 0 saturated carbocycles. The highest BCUT2D eigenvalue weighted by Crippen LogP contribution is 2.34. The van der Waals surface area contributed by atoms with Gasteiger partial charge in [-0.15, -0.1) is 0 Å². The molecule has 160 valence electrons. The molecule has 1 aliphatic heterocycles. The van der Waals surface area contributed by atoms with Crippen LogP contribution in [0, 0.1) is 17.2 Å². The summed E-state index contributed by atoms with van der Waals surface area (Å²) in [6.07, 6.45) is -3.55.